The highest BCUT2D eigenvalue weighted by Gasteiger charge is 2.14. The van der Waals surface area contributed by atoms with Crippen LogP contribution in [0.2, 0.25) is 0 Å². The maximum absolute atomic E-state index is 12.4. The number of nitrogens with zero attached hydrogens (tertiary/aromatic N) is 6. The van der Waals surface area contributed by atoms with Crippen molar-refractivity contribution in [3.05, 3.63) is 70.9 Å². The Morgan fingerprint density at radius 2 is 1.75 bits per heavy atom. The van der Waals surface area contributed by atoms with E-state index in [9.17, 15) is 9.59 Å². The first-order valence-electron chi connectivity index (χ1n) is 8.77. The van der Waals surface area contributed by atoms with Gasteiger partial charge in [0, 0.05) is 13.6 Å². The highest BCUT2D eigenvalue weighted by Crippen LogP contribution is 2.12. The third-order valence-corrected chi connectivity index (χ3v) is 4.49. The van der Waals surface area contributed by atoms with E-state index in [1.807, 2.05) is 54.6 Å². The van der Waals surface area contributed by atoms with Crippen LogP contribution in [0.4, 0.5) is 0 Å². The van der Waals surface area contributed by atoms with Crippen molar-refractivity contribution in [1.29, 1.82) is 0 Å². The number of benzene rings is 2. The highest BCUT2D eigenvalue weighted by molar-refractivity contribution is 5.76. The number of carbonyl (C=O) groups is 1. The number of ether oxygens (including phenoxy) is 1. The molecule has 0 aliphatic heterocycles. The van der Waals surface area contributed by atoms with E-state index in [-0.39, 0.29) is 25.3 Å². The Morgan fingerprint density at radius 1 is 1.04 bits per heavy atom. The number of hydrogen-bond acceptors (Lipinski definition) is 6. The third-order valence-electron chi connectivity index (χ3n) is 4.49. The van der Waals surface area contributed by atoms with Crippen molar-refractivity contribution in [3.63, 3.8) is 0 Å². The van der Waals surface area contributed by atoms with E-state index in [2.05, 4.69) is 15.5 Å². The van der Waals surface area contributed by atoms with E-state index >= 15 is 0 Å². The molecular formula is C19H18N6O3. The average Bonchev–Trinajstić information content (AvgIpc) is 3.29. The molecule has 4 rings (SSSR count). The van der Waals surface area contributed by atoms with Crippen molar-refractivity contribution < 1.29 is 9.53 Å². The van der Waals surface area contributed by atoms with Crippen molar-refractivity contribution in [2.75, 3.05) is 0 Å². The Kier molecular flexibility index (Phi) is 4.71. The van der Waals surface area contributed by atoms with Gasteiger partial charge < -0.3 is 4.74 Å². The highest BCUT2D eigenvalue weighted by atomic mass is 16.5. The number of hydrogen-bond donors (Lipinski definition) is 0. The second-order valence-corrected chi connectivity index (χ2v) is 6.24. The molecule has 0 atom stereocenters. The standard InChI is InChI=1S/C19H18N6O3/c1-23-15-9-5-6-10-16(15)24(19(23)27)12-11-18(26)28-13-17-20-21-22-25(17)14-7-3-2-4-8-14/h2-10H,11-13H2,1H3. The molecule has 0 radical (unpaired) electrons. The number of aryl methyl sites for hydroxylation is 2. The van der Waals surface area contributed by atoms with Gasteiger partial charge in [0.1, 0.15) is 0 Å². The zero-order valence-corrected chi connectivity index (χ0v) is 15.2. The monoisotopic (exact) mass is 378 g/mol. The minimum Gasteiger partial charge on any atom is -0.457 e. The van der Waals surface area contributed by atoms with Crippen molar-refractivity contribution in [3.8, 4) is 5.69 Å². The van der Waals surface area contributed by atoms with Crippen LogP contribution in [0, 0.1) is 0 Å². The largest absolute Gasteiger partial charge is 0.457 e. The van der Waals surface area contributed by atoms with Gasteiger partial charge >= 0.3 is 11.7 Å². The maximum atomic E-state index is 12.4. The molecule has 9 nitrogen and oxygen atoms in total. The minimum absolute atomic E-state index is 0.0504. The van der Waals surface area contributed by atoms with Gasteiger partial charge in [0.05, 0.1) is 23.1 Å². The van der Waals surface area contributed by atoms with Crippen molar-refractivity contribution in [2.24, 2.45) is 7.05 Å². The summed E-state index contributed by atoms with van der Waals surface area (Å²) >= 11 is 0. The van der Waals surface area contributed by atoms with E-state index in [0.29, 0.717) is 5.82 Å². The molecular weight excluding hydrogens is 360 g/mol. The second-order valence-electron chi connectivity index (χ2n) is 6.24. The normalized spacial score (nSPS) is 11.0. The quantitative estimate of drug-likeness (QED) is 0.471. The lowest BCUT2D eigenvalue weighted by Gasteiger charge is -2.06. The van der Waals surface area contributed by atoms with Crippen molar-refractivity contribution >= 4 is 17.0 Å². The SMILES string of the molecule is Cn1c(=O)n(CCC(=O)OCc2nnnn2-c2ccccc2)c2ccccc21. The van der Waals surface area contributed by atoms with Gasteiger partial charge in [-0.25, -0.2) is 4.79 Å². The molecule has 0 fully saturated rings. The molecule has 0 N–H and O–H groups in total. The number of imidazole rings is 1. The Bertz CT molecular complexity index is 1180. The first-order valence-corrected chi connectivity index (χ1v) is 8.77. The number of carbonyl (C=O) groups excluding carboxylic acids is 1. The van der Waals surface area contributed by atoms with Crippen LogP contribution in [0.5, 0.6) is 0 Å². The second kappa shape index (κ2) is 7.47. The van der Waals surface area contributed by atoms with Crippen molar-refractivity contribution in [2.45, 2.75) is 19.6 Å². The summed E-state index contributed by atoms with van der Waals surface area (Å²) in [5.41, 5.74) is 2.22. The van der Waals surface area contributed by atoms with E-state index in [0.717, 1.165) is 16.7 Å². The van der Waals surface area contributed by atoms with Crippen LogP contribution in [-0.4, -0.2) is 35.3 Å². The van der Waals surface area contributed by atoms with E-state index in [1.165, 1.54) is 4.68 Å². The van der Waals surface area contributed by atoms with E-state index in [1.54, 1.807) is 16.2 Å². The Labute approximate surface area is 159 Å². The van der Waals surface area contributed by atoms with Gasteiger partial charge in [-0.3, -0.25) is 13.9 Å². The molecule has 4 aromatic rings. The maximum Gasteiger partial charge on any atom is 0.328 e. The van der Waals surface area contributed by atoms with Crippen LogP contribution in [0.25, 0.3) is 16.7 Å². The van der Waals surface area contributed by atoms with Gasteiger partial charge in [0.2, 0.25) is 0 Å². The van der Waals surface area contributed by atoms with Crippen LogP contribution in [0.1, 0.15) is 12.2 Å². The van der Waals surface area contributed by atoms with Crippen LogP contribution < -0.4 is 5.69 Å². The summed E-state index contributed by atoms with van der Waals surface area (Å²) < 4.78 is 9.96. The van der Waals surface area contributed by atoms with Gasteiger partial charge in [0.15, 0.2) is 12.4 Å². The number of tetrazole rings is 1. The van der Waals surface area contributed by atoms with Crippen molar-refractivity contribution in [1.82, 2.24) is 29.3 Å². The minimum atomic E-state index is -0.428. The van der Waals surface area contributed by atoms with Crippen LogP contribution in [-0.2, 0) is 29.7 Å². The Balaban J connectivity index is 1.41. The molecule has 0 aliphatic rings. The molecule has 142 valence electrons. The molecule has 0 amide bonds. The average molecular weight is 378 g/mol. The van der Waals surface area contributed by atoms with Crippen LogP contribution >= 0.6 is 0 Å². The fourth-order valence-electron chi connectivity index (χ4n) is 3.07. The first-order chi connectivity index (χ1) is 13.6. The lowest BCUT2D eigenvalue weighted by atomic mass is 10.3. The van der Waals surface area contributed by atoms with Gasteiger partial charge in [-0.2, -0.15) is 4.68 Å². The summed E-state index contributed by atoms with van der Waals surface area (Å²) in [5, 5.41) is 11.5. The lowest BCUT2D eigenvalue weighted by Crippen LogP contribution is -2.23. The summed E-state index contributed by atoms with van der Waals surface area (Å²) in [7, 11) is 1.71. The molecule has 0 spiro atoms. The Hall–Kier alpha value is -3.75. The molecule has 0 unspecified atom stereocenters. The molecule has 2 aromatic heterocycles. The van der Waals surface area contributed by atoms with E-state index < -0.39 is 5.97 Å². The summed E-state index contributed by atoms with van der Waals surface area (Å²) in [4.78, 5) is 24.6. The van der Waals surface area contributed by atoms with Crippen LogP contribution in [0.15, 0.2) is 59.4 Å². The topological polar surface area (TPSA) is 96.8 Å². The Morgan fingerprint density at radius 3 is 2.54 bits per heavy atom. The zero-order valence-electron chi connectivity index (χ0n) is 15.2. The smallest absolute Gasteiger partial charge is 0.328 e. The van der Waals surface area contributed by atoms with Gasteiger partial charge in [-0.15, -0.1) is 5.10 Å². The third kappa shape index (κ3) is 3.29. The fourth-order valence-corrected chi connectivity index (χ4v) is 3.07. The number of aromatic nitrogens is 6. The molecule has 0 saturated carbocycles. The number of rotatable bonds is 6. The van der Waals surface area contributed by atoms with Crippen LogP contribution in [0.3, 0.4) is 0 Å². The molecule has 28 heavy (non-hydrogen) atoms. The number of para-hydroxylation sites is 3. The molecule has 0 saturated heterocycles. The first kappa shape index (κ1) is 17.7. The van der Waals surface area contributed by atoms with E-state index in [4.69, 9.17) is 4.74 Å². The summed E-state index contributed by atoms with van der Waals surface area (Å²) in [5.74, 6) is -0.00989. The molecule has 0 aliphatic carbocycles. The molecule has 2 heterocycles. The number of esters is 1. The van der Waals surface area contributed by atoms with Gasteiger partial charge in [0.25, 0.3) is 0 Å². The predicted octanol–water partition coefficient (Wildman–Crippen LogP) is 1.45. The summed E-state index contributed by atoms with van der Waals surface area (Å²) in [6.45, 7) is 0.188. The summed E-state index contributed by atoms with van der Waals surface area (Å²) in [6, 6.07) is 16.8. The molecule has 0 bridgehead atoms. The van der Waals surface area contributed by atoms with Gasteiger partial charge in [-0.05, 0) is 34.7 Å². The predicted molar refractivity (Wildman–Crippen MR) is 101 cm³/mol. The van der Waals surface area contributed by atoms with Gasteiger partial charge in [-0.1, -0.05) is 30.3 Å². The number of fused-ring (bicyclic) bond motifs is 1. The molecule has 9 heteroatoms. The molecule has 2 aromatic carbocycles. The zero-order chi connectivity index (χ0) is 19.5. The lowest BCUT2D eigenvalue weighted by molar-refractivity contribution is -0.145. The summed E-state index contributed by atoms with van der Waals surface area (Å²) in [6.07, 6.45) is 0.0703. The fraction of sp³-hybridized carbons (Fsp3) is 0.211.